The molecule has 0 spiro atoms. The highest BCUT2D eigenvalue weighted by atomic mass is 16.4. The van der Waals surface area contributed by atoms with Crippen molar-refractivity contribution < 1.29 is 4.42 Å². The molecule has 0 atom stereocenters. The lowest BCUT2D eigenvalue weighted by molar-refractivity contribution is 0.549. The zero-order chi connectivity index (χ0) is 10.1. The first-order chi connectivity index (χ1) is 6.66. The Balaban J connectivity index is 2.49. The molecule has 0 unspecified atom stereocenters. The molecule has 0 radical (unpaired) electrons. The lowest BCUT2D eigenvalue weighted by Crippen LogP contribution is -1.84. The van der Waals surface area contributed by atoms with E-state index in [2.05, 4.69) is 4.98 Å². The third-order valence-electron chi connectivity index (χ3n) is 2.14. The van der Waals surface area contributed by atoms with Gasteiger partial charge in [0.2, 0.25) is 0 Å². The SMILES string of the molecule is Cc1ccc(-c2nc(N)oc2C)cc1. The number of anilines is 1. The van der Waals surface area contributed by atoms with Crippen LogP contribution in [0.25, 0.3) is 11.3 Å². The van der Waals surface area contributed by atoms with Crippen LogP contribution in [0, 0.1) is 13.8 Å². The molecule has 14 heavy (non-hydrogen) atoms. The zero-order valence-corrected chi connectivity index (χ0v) is 8.24. The van der Waals surface area contributed by atoms with Crippen molar-refractivity contribution in [2.75, 3.05) is 5.73 Å². The summed E-state index contributed by atoms with van der Waals surface area (Å²) in [4.78, 5) is 4.12. The molecule has 72 valence electrons. The molecule has 1 aromatic heterocycles. The van der Waals surface area contributed by atoms with Gasteiger partial charge in [0.15, 0.2) is 0 Å². The first kappa shape index (κ1) is 8.81. The predicted octanol–water partition coefficient (Wildman–Crippen LogP) is 2.54. The molecule has 2 rings (SSSR count). The number of nitrogens with zero attached hydrogens (tertiary/aromatic N) is 1. The number of oxazole rings is 1. The van der Waals surface area contributed by atoms with E-state index in [1.807, 2.05) is 38.1 Å². The van der Waals surface area contributed by atoms with Gasteiger partial charge in [-0.3, -0.25) is 0 Å². The van der Waals surface area contributed by atoms with Gasteiger partial charge in [-0.05, 0) is 13.8 Å². The molecule has 1 aromatic carbocycles. The predicted molar refractivity (Wildman–Crippen MR) is 55.8 cm³/mol. The number of nitrogen functional groups attached to an aromatic ring is 1. The highest BCUT2D eigenvalue weighted by Crippen LogP contribution is 2.24. The summed E-state index contributed by atoms with van der Waals surface area (Å²) < 4.78 is 5.17. The van der Waals surface area contributed by atoms with E-state index in [9.17, 15) is 0 Å². The van der Waals surface area contributed by atoms with Crippen LogP contribution in [0.15, 0.2) is 28.7 Å². The van der Waals surface area contributed by atoms with Crippen LogP contribution >= 0.6 is 0 Å². The second kappa shape index (κ2) is 3.18. The van der Waals surface area contributed by atoms with Gasteiger partial charge in [-0.1, -0.05) is 29.8 Å². The van der Waals surface area contributed by atoms with E-state index in [0.717, 1.165) is 17.0 Å². The van der Waals surface area contributed by atoms with Crippen LogP contribution in [0.1, 0.15) is 11.3 Å². The molecule has 3 heteroatoms. The number of nitrogens with two attached hydrogens (primary N) is 1. The van der Waals surface area contributed by atoms with E-state index >= 15 is 0 Å². The molecule has 0 saturated heterocycles. The van der Waals surface area contributed by atoms with E-state index in [1.54, 1.807) is 0 Å². The van der Waals surface area contributed by atoms with Crippen molar-refractivity contribution in [2.24, 2.45) is 0 Å². The molecule has 2 N–H and O–H groups in total. The maximum atomic E-state index is 5.47. The summed E-state index contributed by atoms with van der Waals surface area (Å²) in [5.41, 5.74) is 8.55. The normalized spacial score (nSPS) is 10.4. The number of hydrogen-bond donors (Lipinski definition) is 1. The Morgan fingerprint density at radius 3 is 2.29 bits per heavy atom. The van der Waals surface area contributed by atoms with Crippen LogP contribution in [0.4, 0.5) is 6.01 Å². The Kier molecular flexibility index (Phi) is 2.00. The third-order valence-corrected chi connectivity index (χ3v) is 2.14. The van der Waals surface area contributed by atoms with Crippen LogP contribution < -0.4 is 5.73 Å². The number of benzene rings is 1. The second-order valence-electron chi connectivity index (χ2n) is 3.32. The van der Waals surface area contributed by atoms with Crippen molar-refractivity contribution in [3.63, 3.8) is 0 Å². The van der Waals surface area contributed by atoms with Gasteiger partial charge in [0.25, 0.3) is 6.01 Å². The van der Waals surface area contributed by atoms with Crippen molar-refractivity contribution in [3.8, 4) is 11.3 Å². The van der Waals surface area contributed by atoms with E-state index in [1.165, 1.54) is 5.56 Å². The number of rotatable bonds is 1. The Morgan fingerprint density at radius 2 is 1.79 bits per heavy atom. The Morgan fingerprint density at radius 1 is 1.14 bits per heavy atom. The summed E-state index contributed by atoms with van der Waals surface area (Å²) in [6.45, 7) is 3.91. The van der Waals surface area contributed by atoms with Gasteiger partial charge in [0.05, 0.1) is 0 Å². The van der Waals surface area contributed by atoms with Crippen LogP contribution in [-0.4, -0.2) is 4.98 Å². The second-order valence-corrected chi connectivity index (χ2v) is 3.32. The van der Waals surface area contributed by atoms with Gasteiger partial charge in [-0.15, -0.1) is 0 Å². The van der Waals surface area contributed by atoms with E-state index in [0.29, 0.717) is 0 Å². The lowest BCUT2D eigenvalue weighted by atomic mass is 10.1. The van der Waals surface area contributed by atoms with Crippen molar-refractivity contribution >= 4 is 6.01 Å². The molecule has 0 aliphatic heterocycles. The fourth-order valence-electron chi connectivity index (χ4n) is 1.40. The molecule has 3 nitrogen and oxygen atoms in total. The largest absolute Gasteiger partial charge is 0.429 e. The van der Waals surface area contributed by atoms with E-state index in [-0.39, 0.29) is 6.01 Å². The first-order valence-electron chi connectivity index (χ1n) is 4.47. The van der Waals surface area contributed by atoms with Gasteiger partial charge >= 0.3 is 0 Å². The fraction of sp³-hybridized carbons (Fsp3) is 0.182. The molecule has 2 aromatic rings. The van der Waals surface area contributed by atoms with Gasteiger partial charge < -0.3 is 10.2 Å². The minimum atomic E-state index is 0.220. The summed E-state index contributed by atoms with van der Waals surface area (Å²) in [5.74, 6) is 0.756. The Labute approximate surface area is 82.6 Å². The molecule has 1 heterocycles. The zero-order valence-electron chi connectivity index (χ0n) is 8.24. The quantitative estimate of drug-likeness (QED) is 0.748. The molecular weight excluding hydrogens is 176 g/mol. The van der Waals surface area contributed by atoms with Crippen LogP contribution in [0.5, 0.6) is 0 Å². The summed E-state index contributed by atoms with van der Waals surface area (Å²) in [7, 11) is 0. The smallest absolute Gasteiger partial charge is 0.292 e. The monoisotopic (exact) mass is 188 g/mol. The third kappa shape index (κ3) is 1.48. The highest BCUT2D eigenvalue weighted by Gasteiger charge is 2.08. The topological polar surface area (TPSA) is 52.0 Å². The van der Waals surface area contributed by atoms with Crippen molar-refractivity contribution in [3.05, 3.63) is 35.6 Å². The Bertz CT molecular complexity index is 443. The summed E-state index contributed by atoms with van der Waals surface area (Å²) in [5, 5.41) is 0. The lowest BCUT2D eigenvalue weighted by Gasteiger charge is -1.97. The van der Waals surface area contributed by atoms with Crippen LogP contribution in [0.3, 0.4) is 0 Å². The average molecular weight is 188 g/mol. The summed E-state index contributed by atoms with van der Waals surface area (Å²) in [6, 6.07) is 8.33. The van der Waals surface area contributed by atoms with Crippen LogP contribution in [0.2, 0.25) is 0 Å². The van der Waals surface area contributed by atoms with Gasteiger partial charge in [0.1, 0.15) is 11.5 Å². The first-order valence-corrected chi connectivity index (χ1v) is 4.47. The number of aryl methyl sites for hydroxylation is 2. The molecule has 0 amide bonds. The van der Waals surface area contributed by atoms with Gasteiger partial charge in [-0.2, -0.15) is 4.98 Å². The molecule has 0 saturated carbocycles. The Hall–Kier alpha value is -1.77. The summed E-state index contributed by atoms with van der Waals surface area (Å²) >= 11 is 0. The molecule has 0 bridgehead atoms. The average Bonchev–Trinajstić information content (AvgIpc) is 2.47. The highest BCUT2D eigenvalue weighted by molar-refractivity contribution is 5.62. The fourth-order valence-corrected chi connectivity index (χ4v) is 1.40. The van der Waals surface area contributed by atoms with E-state index < -0.39 is 0 Å². The van der Waals surface area contributed by atoms with Gasteiger partial charge in [-0.25, -0.2) is 0 Å². The molecular formula is C11H12N2O. The van der Waals surface area contributed by atoms with Crippen molar-refractivity contribution in [2.45, 2.75) is 13.8 Å². The summed E-state index contributed by atoms with van der Waals surface area (Å²) in [6.07, 6.45) is 0. The molecule has 0 fully saturated rings. The minimum Gasteiger partial charge on any atom is -0.429 e. The number of aromatic nitrogens is 1. The minimum absolute atomic E-state index is 0.220. The van der Waals surface area contributed by atoms with Crippen molar-refractivity contribution in [1.82, 2.24) is 4.98 Å². The number of hydrogen-bond acceptors (Lipinski definition) is 3. The van der Waals surface area contributed by atoms with Crippen LogP contribution in [-0.2, 0) is 0 Å². The van der Waals surface area contributed by atoms with E-state index in [4.69, 9.17) is 10.2 Å². The van der Waals surface area contributed by atoms with Crippen molar-refractivity contribution in [1.29, 1.82) is 0 Å². The maximum absolute atomic E-state index is 5.47. The molecule has 0 aliphatic rings. The maximum Gasteiger partial charge on any atom is 0.292 e. The van der Waals surface area contributed by atoms with Gasteiger partial charge in [0, 0.05) is 5.56 Å². The standard InChI is InChI=1S/C11H12N2O/c1-7-3-5-9(6-4-7)10-8(2)14-11(12)13-10/h3-6H,1-2H3,(H2,12,13). The molecule has 0 aliphatic carbocycles.